The molecule has 4 rings (SSSR count). The van der Waals surface area contributed by atoms with E-state index in [0.717, 1.165) is 25.9 Å². The van der Waals surface area contributed by atoms with Gasteiger partial charge in [-0.15, -0.1) is 0 Å². The smallest absolute Gasteiger partial charge is 0.240 e. The Morgan fingerprint density at radius 3 is 2.32 bits per heavy atom. The normalized spacial score (nSPS) is 37.3. The largest absolute Gasteiger partial charge is 0.354 e. The maximum atomic E-state index is 13.6. The molecule has 0 radical (unpaired) electrons. The second kappa shape index (κ2) is 8.06. The molecule has 0 aromatic rings. The lowest BCUT2D eigenvalue weighted by atomic mass is 9.55. The highest BCUT2D eigenvalue weighted by Gasteiger charge is 2.68. The number of carbonyl (C=O) groups is 2. The second-order valence-corrected chi connectivity index (χ2v) is 10.9. The van der Waals surface area contributed by atoms with Crippen molar-refractivity contribution < 1.29 is 9.59 Å². The molecule has 1 aliphatic carbocycles. The van der Waals surface area contributed by atoms with Gasteiger partial charge in [-0.2, -0.15) is 0 Å². The molecule has 3 aliphatic heterocycles. The van der Waals surface area contributed by atoms with Gasteiger partial charge in [0.25, 0.3) is 0 Å². The Hall–Kier alpha value is -0.940. The maximum Gasteiger partial charge on any atom is 0.240 e. The lowest BCUT2D eigenvalue weighted by molar-refractivity contribution is -0.147. The van der Waals surface area contributed by atoms with Gasteiger partial charge in [-0.1, -0.05) is 41.5 Å². The van der Waals surface area contributed by atoms with E-state index < -0.39 is 5.54 Å². The molecule has 2 N–H and O–H groups in total. The summed E-state index contributed by atoms with van der Waals surface area (Å²) in [5.41, 5.74) is -0.606. The minimum atomic E-state index is -0.606. The number of piperidine rings is 2. The Labute approximate surface area is 171 Å². The zero-order valence-electron chi connectivity index (χ0n) is 18.9. The van der Waals surface area contributed by atoms with Crippen molar-refractivity contribution >= 4 is 11.7 Å². The predicted octanol–water partition coefficient (Wildman–Crippen LogP) is 2.70. The first-order chi connectivity index (χ1) is 13.1. The summed E-state index contributed by atoms with van der Waals surface area (Å²) in [5, 5.41) is 6.86. The minimum Gasteiger partial charge on any atom is -0.354 e. The molecule has 6 atom stereocenters. The average molecular weight is 392 g/mol. The summed E-state index contributed by atoms with van der Waals surface area (Å²) in [5.74, 6) is 2.89. The number of nitrogens with zero attached hydrogens (tertiary/aromatic N) is 1. The molecular formula is C23H41N3O2. The Bertz CT molecular complexity index is 603. The summed E-state index contributed by atoms with van der Waals surface area (Å²) in [7, 11) is 0. The van der Waals surface area contributed by atoms with Crippen molar-refractivity contribution in [2.75, 3.05) is 19.6 Å². The van der Waals surface area contributed by atoms with Gasteiger partial charge >= 0.3 is 0 Å². The molecule has 3 saturated heterocycles. The van der Waals surface area contributed by atoms with Gasteiger partial charge in [-0.05, 0) is 43.4 Å². The van der Waals surface area contributed by atoms with Gasteiger partial charge in [0.05, 0.1) is 6.04 Å². The Balaban J connectivity index is 2.00. The molecule has 28 heavy (non-hydrogen) atoms. The van der Waals surface area contributed by atoms with Gasteiger partial charge in [0.15, 0.2) is 0 Å². The van der Waals surface area contributed by atoms with Crippen LogP contribution in [0.1, 0.15) is 61.3 Å². The van der Waals surface area contributed by atoms with E-state index in [1.807, 2.05) is 0 Å². The Morgan fingerprint density at radius 2 is 1.79 bits per heavy atom. The van der Waals surface area contributed by atoms with Crippen molar-refractivity contribution in [2.24, 2.45) is 35.5 Å². The molecule has 1 amide bonds. The first-order valence-electron chi connectivity index (χ1n) is 11.4. The van der Waals surface area contributed by atoms with E-state index in [4.69, 9.17) is 0 Å². The van der Waals surface area contributed by atoms with E-state index in [-0.39, 0.29) is 23.7 Å². The fourth-order valence-electron chi connectivity index (χ4n) is 6.32. The summed E-state index contributed by atoms with van der Waals surface area (Å²) in [6, 6.07) is 0.151. The second-order valence-electron chi connectivity index (χ2n) is 10.9. The number of fused-ring (bicyclic) bond motifs is 1. The standard InChI is InChI=1S/C23H41N3O2/c1-13(2)8-18-21-19-17(12-26(21)11-15(5)6)9-23(18,25-20(19)16(7)27)22(28)24-10-14(3)4/h13-15,17-21,25H,8-12H2,1-7H3,(H,24,28)/t17-,18-,19+,20?,21-,23+/m1/s1. The van der Waals surface area contributed by atoms with Crippen LogP contribution in [0.15, 0.2) is 0 Å². The topological polar surface area (TPSA) is 61.4 Å². The first-order valence-corrected chi connectivity index (χ1v) is 11.4. The first kappa shape index (κ1) is 21.8. The lowest BCUT2D eigenvalue weighted by Gasteiger charge is -2.59. The van der Waals surface area contributed by atoms with Crippen LogP contribution >= 0.6 is 0 Å². The molecule has 1 unspecified atom stereocenters. The van der Waals surface area contributed by atoms with Crippen LogP contribution in [0.5, 0.6) is 0 Å². The van der Waals surface area contributed by atoms with Crippen LogP contribution in [0.25, 0.3) is 0 Å². The van der Waals surface area contributed by atoms with Crippen LogP contribution in [0.4, 0.5) is 0 Å². The predicted molar refractivity (Wildman–Crippen MR) is 113 cm³/mol. The molecule has 4 aliphatic rings. The third-order valence-electron chi connectivity index (χ3n) is 7.10. The third kappa shape index (κ3) is 3.77. The quantitative estimate of drug-likeness (QED) is 0.668. The number of likely N-dealkylation sites (tertiary alicyclic amines) is 1. The van der Waals surface area contributed by atoms with Crippen molar-refractivity contribution in [3.05, 3.63) is 0 Å². The Morgan fingerprint density at radius 1 is 1.11 bits per heavy atom. The van der Waals surface area contributed by atoms with Crippen LogP contribution in [-0.2, 0) is 9.59 Å². The van der Waals surface area contributed by atoms with Gasteiger partial charge < -0.3 is 5.32 Å². The SMILES string of the molecule is CC(=O)C1N[C@@]2(C(=O)NCC(C)C)C[C@@H]3CN(CC(C)C)[C@@H]([C@H]13)[C@H]2CC(C)C. The van der Waals surface area contributed by atoms with E-state index in [9.17, 15) is 9.59 Å². The average Bonchev–Trinajstić information content (AvgIpc) is 2.87. The van der Waals surface area contributed by atoms with Gasteiger partial charge in [0.2, 0.25) is 5.91 Å². The van der Waals surface area contributed by atoms with Gasteiger partial charge in [0, 0.05) is 37.5 Å². The number of hydrogen-bond acceptors (Lipinski definition) is 4. The number of Topliss-reactive ketones (excluding diaryl/α,β-unsaturated/α-hetero) is 1. The van der Waals surface area contributed by atoms with E-state index in [2.05, 4.69) is 57.1 Å². The number of amides is 1. The molecule has 1 saturated carbocycles. The molecular weight excluding hydrogens is 350 g/mol. The van der Waals surface area contributed by atoms with E-state index in [1.165, 1.54) is 0 Å². The molecule has 0 spiro atoms. The molecule has 4 fully saturated rings. The third-order valence-corrected chi connectivity index (χ3v) is 7.10. The van der Waals surface area contributed by atoms with Gasteiger partial charge in [0.1, 0.15) is 11.3 Å². The van der Waals surface area contributed by atoms with Crippen LogP contribution < -0.4 is 10.6 Å². The van der Waals surface area contributed by atoms with Crippen molar-refractivity contribution in [3.63, 3.8) is 0 Å². The molecule has 0 aromatic heterocycles. The number of carbonyl (C=O) groups excluding carboxylic acids is 2. The molecule has 5 heteroatoms. The zero-order valence-corrected chi connectivity index (χ0v) is 18.9. The van der Waals surface area contributed by atoms with Crippen LogP contribution in [-0.4, -0.2) is 53.8 Å². The maximum absolute atomic E-state index is 13.6. The zero-order chi connectivity index (χ0) is 20.8. The summed E-state index contributed by atoms with van der Waals surface area (Å²) < 4.78 is 0. The van der Waals surface area contributed by atoms with Crippen molar-refractivity contribution in [3.8, 4) is 0 Å². The van der Waals surface area contributed by atoms with Crippen molar-refractivity contribution in [1.29, 1.82) is 0 Å². The van der Waals surface area contributed by atoms with Crippen LogP contribution in [0.2, 0.25) is 0 Å². The van der Waals surface area contributed by atoms with Crippen molar-refractivity contribution in [2.45, 2.75) is 78.9 Å². The highest BCUT2D eigenvalue weighted by Crippen LogP contribution is 2.55. The molecule has 0 aromatic carbocycles. The molecule has 3 heterocycles. The van der Waals surface area contributed by atoms with E-state index >= 15 is 0 Å². The number of rotatable bonds is 8. The summed E-state index contributed by atoms with van der Waals surface area (Å²) >= 11 is 0. The molecule has 5 nitrogen and oxygen atoms in total. The van der Waals surface area contributed by atoms with Gasteiger partial charge in [-0.25, -0.2) is 0 Å². The monoisotopic (exact) mass is 391 g/mol. The van der Waals surface area contributed by atoms with Crippen molar-refractivity contribution in [1.82, 2.24) is 15.5 Å². The fourth-order valence-corrected chi connectivity index (χ4v) is 6.32. The lowest BCUT2D eigenvalue weighted by Crippen LogP contribution is -2.78. The summed E-state index contributed by atoms with van der Waals surface area (Å²) in [6.07, 6.45) is 1.89. The summed E-state index contributed by atoms with van der Waals surface area (Å²) in [6.45, 7) is 17.8. The molecule has 4 bridgehead atoms. The number of nitrogens with one attached hydrogen (secondary N) is 2. The van der Waals surface area contributed by atoms with E-state index in [1.54, 1.807) is 6.92 Å². The Kier molecular flexibility index (Phi) is 6.26. The van der Waals surface area contributed by atoms with Gasteiger partial charge in [-0.3, -0.25) is 19.8 Å². The number of ketones is 1. The molecule has 160 valence electrons. The fraction of sp³-hybridized carbons (Fsp3) is 0.913. The van der Waals surface area contributed by atoms with Crippen LogP contribution in [0, 0.1) is 35.5 Å². The highest BCUT2D eigenvalue weighted by atomic mass is 16.2. The summed E-state index contributed by atoms with van der Waals surface area (Å²) in [4.78, 5) is 28.8. The number of hydrogen-bond donors (Lipinski definition) is 2. The van der Waals surface area contributed by atoms with E-state index in [0.29, 0.717) is 42.2 Å². The highest BCUT2D eigenvalue weighted by molar-refractivity contribution is 5.90. The minimum absolute atomic E-state index is 0.123. The van der Waals surface area contributed by atoms with Crippen LogP contribution in [0.3, 0.4) is 0 Å².